The van der Waals surface area contributed by atoms with Crippen LogP contribution in [0.5, 0.6) is 0 Å². The number of carbonyl (C=O) groups is 1. The van der Waals surface area contributed by atoms with Gasteiger partial charge >= 0.3 is 6.03 Å². The molecule has 1 saturated heterocycles. The Morgan fingerprint density at radius 2 is 1.91 bits per heavy atom. The van der Waals surface area contributed by atoms with Crippen molar-refractivity contribution in [1.82, 2.24) is 5.32 Å². The van der Waals surface area contributed by atoms with Crippen molar-refractivity contribution in [2.45, 2.75) is 6.42 Å². The number of rotatable bonds is 3. The van der Waals surface area contributed by atoms with Gasteiger partial charge < -0.3 is 10.6 Å². The van der Waals surface area contributed by atoms with E-state index in [9.17, 15) is 13.2 Å². The van der Waals surface area contributed by atoms with E-state index in [1.165, 1.54) is 0 Å². The molecule has 1 aliphatic heterocycles. The molecule has 1 heterocycles. The average molecular weight is 318 g/mol. The van der Waals surface area contributed by atoms with Gasteiger partial charge in [-0.25, -0.2) is 13.2 Å². The van der Waals surface area contributed by atoms with Gasteiger partial charge in [-0.1, -0.05) is 36.4 Å². The topological polar surface area (TPSA) is 75.3 Å². The van der Waals surface area contributed by atoms with Crippen LogP contribution in [0.4, 0.5) is 10.5 Å². The number of amides is 2. The first kappa shape index (κ1) is 14.8. The molecule has 0 aromatic heterocycles. The number of anilines is 1. The van der Waals surface area contributed by atoms with E-state index < -0.39 is 9.84 Å². The van der Waals surface area contributed by atoms with Crippen molar-refractivity contribution in [3.05, 3.63) is 42.5 Å². The minimum atomic E-state index is -2.90. The van der Waals surface area contributed by atoms with Gasteiger partial charge in [-0.3, -0.25) is 0 Å². The number of carbonyl (C=O) groups excluding carboxylic acids is 1. The summed E-state index contributed by atoms with van der Waals surface area (Å²) in [5.41, 5.74) is 0.745. The van der Waals surface area contributed by atoms with Crippen molar-refractivity contribution in [3.63, 3.8) is 0 Å². The van der Waals surface area contributed by atoms with Gasteiger partial charge in [0.15, 0.2) is 9.84 Å². The maximum absolute atomic E-state index is 12.0. The standard InChI is InChI=1S/C16H18N2O3S/c19-16(17-10-12-8-9-22(20,21)11-12)18-15-7-3-5-13-4-1-2-6-14(13)15/h1-7,12H,8-11H2,(H2,17,18,19). The van der Waals surface area contributed by atoms with Crippen molar-refractivity contribution in [1.29, 1.82) is 0 Å². The van der Waals surface area contributed by atoms with Gasteiger partial charge in [0.05, 0.1) is 17.2 Å². The number of sulfone groups is 1. The second-order valence-corrected chi connectivity index (χ2v) is 7.86. The Morgan fingerprint density at radius 1 is 1.14 bits per heavy atom. The summed E-state index contributed by atoms with van der Waals surface area (Å²) in [6.45, 7) is 0.385. The van der Waals surface area contributed by atoms with Crippen molar-refractivity contribution >= 4 is 32.3 Å². The third-order valence-electron chi connectivity index (χ3n) is 3.92. The zero-order valence-corrected chi connectivity index (χ0v) is 12.9. The molecule has 6 heteroatoms. The van der Waals surface area contributed by atoms with Gasteiger partial charge in [-0.05, 0) is 23.8 Å². The van der Waals surface area contributed by atoms with E-state index in [2.05, 4.69) is 10.6 Å². The van der Waals surface area contributed by atoms with Crippen LogP contribution in [-0.4, -0.2) is 32.5 Å². The molecule has 116 valence electrons. The zero-order valence-electron chi connectivity index (χ0n) is 12.1. The molecule has 2 aromatic carbocycles. The fourth-order valence-electron chi connectivity index (χ4n) is 2.77. The molecular formula is C16H18N2O3S. The van der Waals surface area contributed by atoms with Crippen LogP contribution in [0.1, 0.15) is 6.42 Å². The van der Waals surface area contributed by atoms with Crippen molar-refractivity contribution in [2.24, 2.45) is 5.92 Å². The van der Waals surface area contributed by atoms with Crippen molar-refractivity contribution in [3.8, 4) is 0 Å². The smallest absolute Gasteiger partial charge is 0.319 e. The summed E-state index contributed by atoms with van der Waals surface area (Å²) >= 11 is 0. The lowest BCUT2D eigenvalue weighted by Gasteiger charge is -2.12. The summed E-state index contributed by atoms with van der Waals surface area (Å²) in [5.74, 6) is 0.412. The van der Waals surface area contributed by atoms with Crippen LogP contribution in [-0.2, 0) is 9.84 Å². The number of benzene rings is 2. The van der Waals surface area contributed by atoms with E-state index >= 15 is 0 Å². The Hall–Kier alpha value is -2.08. The van der Waals surface area contributed by atoms with E-state index in [4.69, 9.17) is 0 Å². The second kappa shape index (κ2) is 5.96. The summed E-state index contributed by atoms with van der Waals surface area (Å²) in [6.07, 6.45) is 0.622. The molecule has 0 bridgehead atoms. The molecule has 5 nitrogen and oxygen atoms in total. The maximum Gasteiger partial charge on any atom is 0.319 e. The average Bonchev–Trinajstić information content (AvgIpc) is 2.85. The zero-order chi connectivity index (χ0) is 15.6. The van der Waals surface area contributed by atoms with E-state index in [1.807, 2.05) is 42.5 Å². The highest BCUT2D eigenvalue weighted by Gasteiger charge is 2.27. The predicted molar refractivity (Wildman–Crippen MR) is 87.7 cm³/mol. The monoisotopic (exact) mass is 318 g/mol. The van der Waals surface area contributed by atoms with Gasteiger partial charge in [0, 0.05) is 11.9 Å². The molecule has 3 rings (SSSR count). The largest absolute Gasteiger partial charge is 0.338 e. The van der Waals surface area contributed by atoms with E-state index in [0.29, 0.717) is 13.0 Å². The third-order valence-corrected chi connectivity index (χ3v) is 5.75. The Balaban J connectivity index is 1.62. The maximum atomic E-state index is 12.0. The second-order valence-electron chi connectivity index (χ2n) is 5.63. The molecule has 1 unspecified atom stereocenters. The molecule has 0 spiro atoms. The Bertz CT molecular complexity index is 797. The molecule has 2 aromatic rings. The minimum absolute atomic E-state index is 0.0169. The van der Waals surface area contributed by atoms with Gasteiger partial charge in [-0.2, -0.15) is 0 Å². The molecule has 2 amide bonds. The van der Waals surface area contributed by atoms with Crippen LogP contribution in [0.3, 0.4) is 0 Å². The first-order chi connectivity index (χ1) is 10.5. The summed E-state index contributed by atoms with van der Waals surface area (Å²) in [6, 6.07) is 13.2. The molecule has 1 aliphatic rings. The molecule has 22 heavy (non-hydrogen) atoms. The predicted octanol–water partition coefficient (Wildman–Crippen LogP) is 2.40. The summed E-state index contributed by atoms with van der Waals surface area (Å²) in [5, 5.41) is 7.62. The first-order valence-corrected chi connectivity index (χ1v) is 9.09. The van der Waals surface area contributed by atoms with Crippen LogP contribution in [0.15, 0.2) is 42.5 Å². The number of hydrogen-bond donors (Lipinski definition) is 2. The number of nitrogens with one attached hydrogen (secondary N) is 2. The van der Waals surface area contributed by atoms with E-state index in [1.54, 1.807) is 0 Å². The van der Waals surface area contributed by atoms with Crippen LogP contribution in [0, 0.1) is 5.92 Å². The molecule has 2 N–H and O–H groups in total. The summed E-state index contributed by atoms with van der Waals surface area (Å²) in [7, 11) is -2.90. The summed E-state index contributed by atoms with van der Waals surface area (Å²) < 4.78 is 22.8. The van der Waals surface area contributed by atoms with Crippen LogP contribution >= 0.6 is 0 Å². The fourth-order valence-corrected chi connectivity index (χ4v) is 4.63. The van der Waals surface area contributed by atoms with Crippen LogP contribution in [0.2, 0.25) is 0 Å². The molecule has 0 radical (unpaired) electrons. The lowest BCUT2D eigenvalue weighted by atomic mass is 10.1. The number of urea groups is 1. The molecule has 1 atom stereocenters. The molecular weight excluding hydrogens is 300 g/mol. The van der Waals surface area contributed by atoms with E-state index in [-0.39, 0.29) is 23.5 Å². The van der Waals surface area contributed by atoms with Gasteiger partial charge in [-0.15, -0.1) is 0 Å². The Morgan fingerprint density at radius 3 is 2.68 bits per heavy atom. The van der Waals surface area contributed by atoms with Gasteiger partial charge in [0.1, 0.15) is 0 Å². The summed E-state index contributed by atoms with van der Waals surface area (Å²) in [4.78, 5) is 12.0. The van der Waals surface area contributed by atoms with Crippen molar-refractivity contribution in [2.75, 3.05) is 23.4 Å². The molecule has 0 aliphatic carbocycles. The highest BCUT2D eigenvalue weighted by molar-refractivity contribution is 7.91. The van der Waals surface area contributed by atoms with Crippen molar-refractivity contribution < 1.29 is 13.2 Å². The number of fused-ring (bicyclic) bond motifs is 1. The van der Waals surface area contributed by atoms with E-state index in [0.717, 1.165) is 16.5 Å². The molecule has 0 saturated carbocycles. The Kier molecular flexibility index (Phi) is 4.02. The third kappa shape index (κ3) is 3.39. The van der Waals surface area contributed by atoms with Gasteiger partial charge in [0.2, 0.25) is 0 Å². The SMILES string of the molecule is O=C(NCC1CCS(=O)(=O)C1)Nc1cccc2ccccc12. The van der Waals surface area contributed by atoms with Crippen LogP contribution < -0.4 is 10.6 Å². The normalized spacial score (nSPS) is 19.9. The lowest BCUT2D eigenvalue weighted by Crippen LogP contribution is -2.33. The number of hydrogen-bond acceptors (Lipinski definition) is 3. The lowest BCUT2D eigenvalue weighted by molar-refractivity contribution is 0.250. The molecule has 1 fully saturated rings. The first-order valence-electron chi connectivity index (χ1n) is 7.26. The minimum Gasteiger partial charge on any atom is -0.338 e. The highest BCUT2D eigenvalue weighted by Crippen LogP contribution is 2.23. The quantitative estimate of drug-likeness (QED) is 0.912. The Labute approximate surface area is 129 Å². The van der Waals surface area contributed by atoms with Crippen LogP contribution in [0.25, 0.3) is 10.8 Å². The van der Waals surface area contributed by atoms with Gasteiger partial charge in [0.25, 0.3) is 0 Å². The highest BCUT2D eigenvalue weighted by atomic mass is 32.2. The fraction of sp³-hybridized carbons (Fsp3) is 0.312.